The second-order valence-electron chi connectivity index (χ2n) is 4.42. The van der Waals surface area contributed by atoms with Crippen LogP contribution in [-0.2, 0) is 0 Å². The number of oxazole rings is 1. The Morgan fingerprint density at radius 2 is 1.70 bits per heavy atom. The first-order valence-corrected chi connectivity index (χ1v) is 6.28. The minimum absolute atomic E-state index is 0.466. The lowest BCUT2D eigenvalue weighted by molar-refractivity contribution is 0.446. The Hall–Kier alpha value is -2.75. The fourth-order valence-corrected chi connectivity index (χ4v) is 1.83. The molecule has 100 valence electrons. The summed E-state index contributed by atoms with van der Waals surface area (Å²) in [5.74, 6) is 2.33. The van der Waals surface area contributed by atoms with Crippen LogP contribution in [0.3, 0.4) is 0 Å². The quantitative estimate of drug-likeness (QED) is 0.727. The maximum absolute atomic E-state index is 5.71. The first-order valence-electron chi connectivity index (χ1n) is 6.28. The molecule has 0 aliphatic carbocycles. The number of hydrogen-bond acceptors (Lipinski definition) is 4. The molecule has 3 rings (SSSR count). The molecule has 0 aliphatic rings. The molecule has 2 aromatic carbocycles. The number of hydrogen-bond donors (Lipinski definition) is 1. The number of aromatic nitrogens is 1. The highest BCUT2D eigenvalue weighted by Crippen LogP contribution is 2.29. The van der Waals surface area contributed by atoms with Gasteiger partial charge in [0.1, 0.15) is 5.75 Å². The van der Waals surface area contributed by atoms with Gasteiger partial charge in [0.15, 0.2) is 5.76 Å². The fraction of sp³-hybridized carbons (Fsp3) is 0.0625. The van der Waals surface area contributed by atoms with E-state index in [1.165, 1.54) is 0 Å². The molecule has 0 saturated heterocycles. The van der Waals surface area contributed by atoms with E-state index in [1.54, 1.807) is 24.3 Å². The summed E-state index contributed by atoms with van der Waals surface area (Å²) in [6.07, 6.45) is 0. The summed E-state index contributed by atoms with van der Waals surface area (Å²) in [7, 11) is 0. The van der Waals surface area contributed by atoms with Crippen molar-refractivity contribution in [1.29, 1.82) is 0 Å². The zero-order valence-electron chi connectivity index (χ0n) is 11.0. The Labute approximate surface area is 116 Å². The van der Waals surface area contributed by atoms with E-state index in [0.29, 0.717) is 29.0 Å². The molecule has 0 atom stereocenters. The Bertz CT molecular complexity index is 703. The second-order valence-corrected chi connectivity index (χ2v) is 4.42. The molecule has 0 aliphatic heterocycles. The van der Waals surface area contributed by atoms with E-state index >= 15 is 0 Å². The largest absolute Gasteiger partial charge is 0.437 e. The first-order chi connectivity index (χ1) is 9.72. The van der Waals surface area contributed by atoms with E-state index in [4.69, 9.17) is 14.9 Å². The van der Waals surface area contributed by atoms with Crippen LogP contribution in [0.15, 0.2) is 59.0 Å². The van der Waals surface area contributed by atoms with Crippen LogP contribution in [0.5, 0.6) is 11.6 Å². The SMILES string of the molecule is Cc1oc(-c2ccccc2)nc1Oc1ccc(N)cc1. The van der Waals surface area contributed by atoms with Gasteiger partial charge in [-0.2, -0.15) is 4.98 Å². The minimum atomic E-state index is 0.466. The van der Waals surface area contributed by atoms with Crippen molar-refractivity contribution in [2.24, 2.45) is 0 Å². The van der Waals surface area contributed by atoms with Crippen LogP contribution in [0.25, 0.3) is 11.5 Å². The van der Waals surface area contributed by atoms with Gasteiger partial charge in [-0.05, 0) is 43.3 Å². The molecule has 1 heterocycles. The van der Waals surface area contributed by atoms with Crippen LogP contribution in [-0.4, -0.2) is 4.98 Å². The molecule has 20 heavy (non-hydrogen) atoms. The van der Waals surface area contributed by atoms with Crippen molar-refractivity contribution in [2.45, 2.75) is 6.92 Å². The highest BCUT2D eigenvalue weighted by atomic mass is 16.5. The normalized spacial score (nSPS) is 10.4. The van der Waals surface area contributed by atoms with Gasteiger partial charge in [0, 0.05) is 11.3 Å². The Balaban J connectivity index is 1.88. The van der Waals surface area contributed by atoms with Crippen LogP contribution in [0.2, 0.25) is 0 Å². The lowest BCUT2D eigenvalue weighted by Gasteiger charge is -2.02. The molecule has 0 spiro atoms. The van der Waals surface area contributed by atoms with Gasteiger partial charge in [-0.1, -0.05) is 18.2 Å². The van der Waals surface area contributed by atoms with Crippen molar-refractivity contribution < 1.29 is 9.15 Å². The number of ether oxygens (including phenoxy) is 1. The lowest BCUT2D eigenvalue weighted by atomic mass is 10.2. The van der Waals surface area contributed by atoms with Crippen molar-refractivity contribution >= 4 is 5.69 Å². The number of anilines is 1. The fourth-order valence-electron chi connectivity index (χ4n) is 1.83. The minimum Gasteiger partial charge on any atom is -0.437 e. The molecule has 0 fully saturated rings. The highest BCUT2D eigenvalue weighted by molar-refractivity contribution is 5.54. The van der Waals surface area contributed by atoms with Crippen molar-refractivity contribution in [3.63, 3.8) is 0 Å². The smallest absolute Gasteiger partial charge is 0.261 e. The van der Waals surface area contributed by atoms with Gasteiger partial charge in [-0.3, -0.25) is 0 Å². The molecular formula is C16H14N2O2. The van der Waals surface area contributed by atoms with Crippen molar-refractivity contribution in [3.8, 4) is 23.1 Å². The average Bonchev–Trinajstić information content (AvgIpc) is 2.84. The zero-order valence-corrected chi connectivity index (χ0v) is 11.0. The summed E-state index contributed by atoms with van der Waals surface area (Å²) in [6, 6.07) is 16.9. The lowest BCUT2D eigenvalue weighted by Crippen LogP contribution is -1.88. The monoisotopic (exact) mass is 266 g/mol. The third-order valence-electron chi connectivity index (χ3n) is 2.87. The van der Waals surface area contributed by atoms with E-state index in [-0.39, 0.29) is 0 Å². The van der Waals surface area contributed by atoms with Crippen LogP contribution in [0.4, 0.5) is 5.69 Å². The van der Waals surface area contributed by atoms with Gasteiger partial charge < -0.3 is 14.9 Å². The van der Waals surface area contributed by atoms with E-state index in [0.717, 1.165) is 5.56 Å². The molecule has 0 unspecified atom stereocenters. The van der Waals surface area contributed by atoms with Gasteiger partial charge in [-0.15, -0.1) is 0 Å². The Kier molecular flexibility index (Phi) is 3.13. The van der Waals surface area contributed by atoms with Crippen LogP contribution >= 0.6 is 0 Å². The van der Waals surface area contributed by atoms with E-state index in [9.17, 15) is 0 Å². The standard InChI is InChI=1S/C16H14N2O2/c1-11-15(20-14-9-7-13(17)8-10-14)18-16(19-11)12-5-3-2-4-6-12/h2-10H,17H2,1H3. The predicted molar refractivity (Wildman–Crippen MR) is 77.6 cm³/mol. The third kappa shape index (κ3) is 2.49. The third-order valence-corrected chi connectivity index (χ3v) is 2.87. The summed E-state index contributed by atoms with van der Waals surface area (Å²) in [5, 5.41) is 0. The molecule has 0 amide bonds. The Morgan fingerprint density at radius 3 is 2.40 bits per heavy atom. The summed E-state index contributed by atoms with van der Waals surface area (Å²) in [4.78, 5) is 4.38. The highest BCUT2D eigenvalue weighted by Gasteiger charge is 2.13. The van der Waals surface area contributed by atoms with Crippen LogP contribution in [0.1, 0.15) is 5.76 Å². The maximum Gasteiger partial charge on any atom is 0.261 e. The number of nitrogens with zero attached hydrogens (tertiary/aromatic N) is 1. The van der Waals surface area contributed by atoms with E-state index in [2.05, 4.69) is 4.98 Å². The summed E-state index contributed by atoms with van der Waals surface area (Å²) in [5.41, 5.74) is 7.25. The molecule has 4 nitrogen and oxygen atoms in total. The van der Waals surface area contributed by atoms with Gasteiger partial charge >= 0.3 is 0 Å². The molecule has 4 heteroatoms. The molecule has 3 aromatic rings. The molecule has 0 saturated carbocycles. The van der Waals surface area contributed by atoms with Crippen molar-refractivity contribution in [3.05, 3.63) is 60.4 Å². The van der Waals surface area contributed by atoms with Gasteiger partial charge in [-0.25, -0.2) is 0 Å². The van der Waals surface area contributed by atoms with E-state index < -0.39 is 0 Å². The Morgan fingerprint density at radius 1 is 1.00 bits per heavy atom. The average molecular weight is 266 g/mol. The molecule has 1 aromatic heterocycles. The number of rotatable bonds is 3. The number of benzene rings is 2. The second kappa shape index (κ2) is 5.09. The van der Waals surface area contributed by atoms with Crippen molar-refractivity contribution in [2.75, 3.05) is 5.73 Å². The van der Waals surface area contributed by atoms with Crippen LogP contribution in [0, 0.1) is 6.92 Å². The van der Waals surface area contributed by atoms with E-state index in [1.807, 2.05) is 37.3 Å². The maximum atomic E-state index is 5.71. The molecule has 0 radical (unpaired) electrons. The van der Waals surface area contributed by atoms with Crippen molar-refractivity contribution in [1.82, 2.24) is 4.98 Å². The van der Waals surface area contributed by atoms with Crippen LogP contribution < -0.4 is 10.5 Å². The molecular weight excluding hydrogens is 252 g/mol. The summed E-state index contributed by atoms with van der Waals surface area (Å²) >= 11 is 0. The van der Waals surface area contributed by atoms with Gasteiger partial charge in [0.05, 0.1) is 0 Å². The first kappa shape index (κ1) is 12.3. The predicted octanol–water partition coefficient (Wildman–Crippen LogP) is 4.02. The number of nitrogen functional groups attached to an aromatic ring is 1. The summed E-state index contributed by atoms with van der Waals surface area (Å²) in [6.45, 7) is 1.83. The summed E-state index contributed by atoms with van der Waals surface area (Å²) < 4.78 is 11.3. The topological polar surface area (TPSA) is 61.3 Å². The number of nitrogens with two attached hydrogens (primary N) is 1. The van der Waals surface area contributed by atoms with Gasteiger partial charge in [0.2, 0.25) is 5.89 Å². The number of aryl methyl sites for hydroxylation is 1. The van der Waals surface area contributed by atoms with Gasteiger partial charge in [0.25, 0.3) is 5.88 Å². The molecule has 2 N–H and O–H groups in total. The molecule has 0 bridgehead atoms. The zero-order chi connectivity index (χ0) is 13.9.